The van der Waals surface area contributed by atoms with Gasteiger partial charge in [-0.3, -0.25) is 4.79 Å². The van der Waals surface area contributed by atoms with E-state index in [1.807, 2.05) is 43.3 Å². The SMILES string of the molecule is COc1cccc(-c2noc(C3CC(=O)N(c4c(C)cccc4Cl)C3)n2)c1. The smallest absolute Gasteiger partial charge is 0.232 e. The van der Waals surface area contributed by atoms with Crippen LogP contribution in [0, 0.1) is 6.92 Å². The molecule has 1 unspecified atom stereocenters. The Bertz CT molecular complexity index is 981. The van der Waals surface area contributed by atoms with E-state index in [0.29, 0.717) is 29.7 Å². The van der Waals surface area contributed by atoms with Crippen molar-refractivity contribution in [2.45, 2.75) is 19.3 Å². The number of rotatable bonds is 4. The average Bonchev–Trinajstić information content (AvgIpc) is 3.29. The second-order valence-corrected chi connectivity index (χ2v) is 6.91. The van der Waals surface area contributed by atoms with Crippen molar-refractivity contribution in [3.05, 3.63) is 58.9 Å². The zero-order valence-electron chi connectivity index (χ0n) is 15.0. The van der Waals surface area contributed by atoms with Crippen molar-refractivity contribution in [3.8, 4) is 17.1 Å². The largest absolute Gasteiger partial charge is 0.497 e. The van der Waals surface area contributed by atoms with Gasteiger partial charge >= 0.3 is 0 Å². The van der Waals surface area contributed by atoms with Gasteiger partial charge in [0.25, 0.3) is 0 Å². The number of amides is 1. The lowest BCUT2D eigenvalue weighted by atomic mass is 10.1. The zero-order chi connectivity index (χ0) is 19.0. The molecule has 0 bridgehead atoms. The van der Waals surface area contributed by atoms with Crippen LogP contribution in [0.15, 0.2) is 47.0 Å². The number of hydrogen-bond donors (Lipinski definition) is 0. The third-order valence-electron chi connectivity index (χ3n) is 4.70. The van der Waals surface area contributed by atoms with E-state index in [4.69, 9.17) is 20.9 Å². The van der Waals surface area contributed by atoms with Crippen LogP contribution in [0.4, 0.5) is 5.69 Å². The predicted octanol–water partition coefficient (Wildman–Crippen LogP) is 4.23. The van der Waals surface area contributed by atoms with E-state index in [1.54, 1.807) is 18.1 Å². The third-order valence-corrected chi connectivity index (χ3v) is 5.01. The van der Waals surface area contributed by atoms with Crippen molar-refractivity contribution in [2.24, 2.45) is 0 Å². The number of anilines is 1. The van der Waals surface area contributed by atoms with Crippen molar-refractivity contribution >= 4 is 23.2 Å². The van der Waals surface area contributed by atoms with Crippen LogP contribution in [0.2, 0.25) is 5.02 Å². The number of methoxy groups -OCH3 is 1. The molecule has 1 atom stereocenters. The molecule has 1 fully saturated rings. The molecule has 0 radical (unpaired) electrons. The molecule has 27 heavy (non-hydrogen) atoms. The van der Waals surface area contributed by atoms with Gasteiger partial charge in [-0.05, 0) is 30.7 Å². The summed E-state index contributed by atoms with van der Waals surface area (Å²) in [5.41, 5.74) is 2.51. The molecule has 0 N–H and O–H groups in total. The maximum Gasteiger partial charge on any atom is 0.232 e. The first-order valence-corrected chi connectivity index (χ1v) is 8.98. The molecule has 1 amide bonds. The number of hydrogen-bond acceptors (Lipinski definition) is 5. The highest BCUT2D eigenvalue weighted by molar-refractivity contribution is 6.34. The molecule has 6 nitrogen and oxygen atoms in total. The number of ether oxygens (including phenoxy) is 1. The van der Waals surface area contributed by atoms with Crippen molar-refractivity contribution < 1.29 is 14.1 Å². The monoisotopic (exact) mass is 383 g/mol. The van der Waals surface area contributed by atoms with Crippen molar-refractivity contribution in [2.75, 3.05) is 18.6 Å². The van der Waals surface area contributed by atoms with Crippen LogP contribution >= 0.6 is 11.6 Å². The molecule has 1 aromatic heterocycles. The summed E-state index contributed by atoms with van der Waals surface area (Å²) >= 11 is 6.32. The van der Waals surface area contributed by atoms with Crippen molar-refractivity contribution in [1.82, 2.24) is 10.1 Å². The van der Waals surface area contributed by atoms with Crippen LogP contribution in [0.25, 0.3) is 11.4 Å². The number of aryl methyl sites for hydroxylation is 1. The quantitative estimate of drug-likeness (QED) is 0.674. The molecule has 0 spiro atoms. The van der Waals surface area contributed by atoms with E-state index in [0.717, 1.165) is 22.6 Å². The summed E-state index contributed by atoms with van der Waals surface area (Å²) in [7, 11) is 1.61. The molecule has 4 rings (SSSR count). The normalized spacial score (nSPS) is 16.8. The van der Waals surface area contributed by atoms with Gasteiger partial charge in [-0.15, -0.1) is 0 Å². The van der Waals surface area contributed by atoms with Crippen LogP contribution in [-0.4, -0.2) is 29.7 Å². The van der Waals surface area contributed by atoms with Gasteiger partial charge in [0.15, 0.2) is 0 Å². The topological polar surface area (TPSA) is 68.5 Å². The Labute approximate surface area is 161 Å². The Balaban J connectivity index is 1.59. The van der Waals surface area contributed by atoms with Crippen LogP contribution in [0.3, 0.4) is 0 Å². The number of nitrogens with zero attached hydrogens (tertiary/aromatic N) is 3. The lowest BCUT2D eigenvalue weighted by molar-refractivity contribution is -0.117. The highest BCUT2D eigenvalue weighted by Gasteiger charge is 2.36. The van der Waals surface area contributed by atoms with Crippen LogP contribution < -0.4 is 9.64 Å². The van der Waals surface area contributed by atoms with E-state index in [2.05, 4.69) is 10.1 Å². The lowest BCUT2D eigenvalue weighted by Crippen LogP contribution is -2.25. The van der Waals surface area contributed by atoms with Gasteiger partial charge in [-0.2, -0.15) is 4.98 Å². The Kier molecular flexibility index (Phi) is 4.58. The van der Waals surface area contributed by atoms with Crippen LogP contribution in [-0.2, 0) is 4.79 Å². The summed E-state index contributed by atoms with van der Waals surface area (Å²) < 4.78 is 10.7. The van der Waals surface area contributed by atoms with E-state index >= 15 is 0 Å². The first-order valence-electron chi connectivity index (χ1n) is 8.60. The van der Waals surface area contributed by atoms with E-state index in [-0.39, 0.29) is 11.8 Å². The molecule has 138 valence electrons. The maximum absolute atomic E-state index is 12.6. The molecule has 7 heteroatoms. The molecule has 1 saturated heterocycles. The molecule has 2 aromatic carbocycles. The molecule has 3 aromatic rings. The van der Waals surface area contributed by atoms with Gasteiger partial charge in [-0.1, -0.05) is 41.0 Å². The highest BCUT2D eigenvalue weighted by atomic mass is 35.5. The summed E-state index contributed by atoms with van der Waals surface area (Å²) in [6.07, 6.45) is 0.310. The Morgan fingerprint density at radius 2 is 2.07 bits per heavy atom. The van der Waals surface area contributed by atoms with E-state index in [9.17, 15) is 4.79 Å². The number of carbonyl (C=O) groups excluding carboxylic acids is 1. The number of benzene rings is 2. The number of para-hydroxylation sites is 1. The second-order valence-electron chi connectivity index (χ2n) is 6.50. The minimum Gasteiger partial charge on any atom is -0.497 e. The van der Waals surface area contributed by atoms with Crippen molar-refractivity contribution in [3.63, 3.8) is 0 Å². The standard InChI is InChI=1S/C20H18ClN3O3/c1-12-5-3-8-16(21)18(12)24-11-14(10-17(24)25)20-22-19(23-27-20)13-6-4-7-15(9-13)26-2/h3-9,14H,10-11H2,1-2H3. The van der Waals surface area contributed by atoms with Gasteiger partial charge in [0.2, 0.25) is 17.6 Å². The summed E-state index contributed by atoms with van der Waals surface area (Å²) in [5.74, 6) is 1.48. The minimum absolute atomic E-state index is 0.00247. The summed E-state index contributed by atoms with van der Waals surface area (Å²) in [5, 5.41) is 4.63. The zero-order valence-corrected chi connectivity index (χ0v) is 15.7. The van der Waals surface area contributed by atoms with E-state index < -0.39 is 0 Å². The van der Waals surface area contributed by atoms with Crippen LogP contribution in [0.5, 0.6) is 5.75 Å². The molecule has 2 heterocycles. The summed E-state index contributed by atoms with van der Waals surface area (Å²) in [4.78, 5) is 18.8. The fraction of sp³-hybridized carbons (Fsp3) is 0.250. The van der Waals surface area contributed by atoms with Gasteiger partial charge in [0.05, 0.1) is 23.7 Å². The van der Waals surface area contributed by atoms with Gasteiger partial charge in [0.1, 0.15) is 5.75 Å². The lowest BCUT2D eigenvalue weighted by Gasteiger charge is -2.20. The number of carbonyl (C=O) groups is 1. The molecule has 0 aliphatic carbocycles. The second kappa shape index (κ2) is 7.04. The van der Waals surface area contributed by atoms with Gasteiger partial charge < -0.3 is 14.2 Å². The number of aromatic nitrogens is 2. The molecule has 1 aliphatic rings. The Hall–Kier alpha value is -2.86. The van der Waals surface area contributed by atoms with Gasteiger partial charge in [-0.25, -0.2) is 0 Å². The first kappa shape index (κ1) is 17.5. The molecule has 0 saturated carbocycles. The van der Waals surface area contributed by atoms with Crippen molar-refractivity contribution in [1.29, 1.82) is 0 Å². The predicted molar refractivity (Wildman–Crippen MR) is 102 cm³/mol. The number of halogens is 1. The van der Waals surface area contributed by atoms with Crippen LogP contribution in [0.1, 0.15) is 23.8 Å². The molecular formula is C20H18ClN3O3. The first-order chi connectivity index (χ1) is 13.1. The highest BCUT2D eigenvalue weighted by Crippen LogP contribution is 2.37. The summed E-state index contributed by atoms with van der Waals surface area (Å²) in [6.45, 7) is 2.40. The van der Waals surface area contributed by atoms with Gasteiger partial charge in [0, 0.05) is 18.5 Å². The fourth-order valence-electron chi connectivity index (χ4n) is 3.33. The Morgan fingerprint density at radius 1 is 1.26 bits per heavy atom. The fourth-order valence-corrected chi connectivity index (χ4v) is 3.66. The third kappa shape index (κ3) is 3.28. The van der Waals surface area contributed by atoms with E-state index in [1.165, 1.54) is 0 Å². The maximum atomic E-state index is 12.6. The Morgan fingerprint density at radius 3 is 2.85 bits per heavy atom. The molecular weight excluding hydrogens is 366 g/mol. The minimum atomic E-state index is -0.167. The molecule has 1 aliphatic heterocycles. The average molecular weight is 384 g/mol. The summed E-state index contributed by atoms with van der Waals surface area (Å²) in [6, 6.07) is 13.0.